The lowest BCUT2D eigenvalue weighted by atomic mass is 10.1. The van der Waals surface area contributed by atoms with Crippen molar-refractivity contribution in [1.82, 2.24) is 0 Å². The molecule has 1 aromatic rings. The van der Waals surface area contributed by atoms with E-state index in [0.29, 0.717) is 28.9 Å². The van der Waals surface area contributed by atoms with E-state index in [1.165, 1.54) is 12.1 Å². The molecule has 1 unspecified atom stereocenters. The molecular weight excluding hydrogens is 320 g/mol. The van der Waals surface area contributed by atoms with Gasteiger partial charge >= 0.3 is 0 Å². The van der Waals surface area contributed by atoms with E-state index in [1.54, 1.807) is 11.0 Å². The first kappa shape index (κ1) is 13.4. The number of anilines is 1. The second kappa shape index (κ2) is 5.27. The fourth-order valence-electron chi connectivity index (χ4n) is 1.96. The summed E-state index contributed by atoms with van der Waals surface area (Å²) in [5.74, 6) is 0.929. The lowest BCUT2D eigenvalue weighted by molar-refractivity contribution is -0.384. The van der Waals surface area contributed by atoms with Gasteiger partial charge < -0.3 is 4.90 Å². The van der Waals surface area contributed by atoms with Crippen LogP contribution in [0.4, 0.5) is 11.4 Å². The Morgan fingerprint density at radius 1 is 1.56 bits per heavy atom. The van der Waals surface area contributed by atoms with E-state index in [0.717, 1.165) is 0 Å². The third-order valence-corrected chi connectivity index (χ3v) is 4.05. The molecule has 0 saturated carbocycles. The molecule has 1 aliphatic rings. The molecule has 0 radical (unpaired) electrons. The van der Waals surface area contributed by atoms with Crippen molar-refractivity contribution in [2.24, 2.45) is 5.92 Å². The first-order valence-electron chi connectivity index (χ1n) is 5.38. The zero-order valence-corrected chi connectivity index (χ0v) is 11.9. The van der Waals surface area contributed by atoms with Gasteiger partial charge in [0.1, 0.15) is 0 Å². The van der Waals surface area contributed by atoms with Gasteiger partial charge in [0.15, 0.2) is 0 Å². The van der Waals surface area contributed by atoms with Crippen LogP contribution in [-0.2, 0) is 4.79 Å². The van der Waals surface area contributed by atoms with Crippen molar-refractivity contribution in [2.75, 3.05) is 17.2 Å². The van der Waals surface area contributed by atoms with Crippen LogP contribution < -0.4 is 4.90 Å². The van der Waals surface area contributed by atoms with Crippen LogP contribution in [0.15, 0.2) is 22.7 Å². The van der Waals surface area contributed by atoms with E-state index in [1.807, 2.05) is 0 Å². The Bertz CT molecular complexity index is 509. The summed E-state index contributed by atoms with van der Waals surface area (Å²) >= 11 is 7.48. The van der Waals surface area contributed by atoms with Crippen molar-refractivity contribution in [3.05, 3.63) is 32.8 Å². The Balaban J connectivity index is 2.29. The number of amides is 1. The SMILES string of the molecule is O=C1CC(CS)CN1c1ccc([N+](=O)[O-])cc1Br. The number of halogens is 1. The Labute approximate surface area is 118 Å². The fourth-order valence-corrected chi connectivity index (χ4v) is 2.79. The maximum atomic E-state index is 11.9. The highest BCUT2D eigenvalue weighted by molar-refractivity contribution is 9.10. The van der Waals surface area contributed by atoms with Crippen molar-refractivity contribution in [1.29, 1.82) is 0 Å². The summed E-state index contributed by atoms with van der Waals surface area (Å²) in [5.41, 5.74) is 0.679. The number of thiol groups is 1. The van der Waals surface area contributed by atoms with Gasteiger partial charge in [-0.15, -0.1) is 0 Å². The first-order chi connectivity index (χ1) is 8.52. The number of nitro benzene ring substituents is 1. The van der Waals surface area contributed by atoms with E-state index in [4.69, 9.17) is 0 Å². The first-order valence-corrected chi connectivity index (χ1v) is 6.80. The van der Waals surface area contributed by atoms with Crippen molar-refractivity contribution in [3.63, 3.8) is 0 Å². The number of non-ortho nitro benzene ring substituents is 1. The van der Waals surface area contributed by atoms with Gasteiger partial charge in [-0.25, -0.2) is 0 Å². The van der Waals surface area contributed by atoms with Crippen LogP contribution in [0.5, 0.6) is 0 Å². The standard InChI is InChI=1S/C11H11BrN2O3S/c12-9-4-8(14(16)17)1-2-10(9)13-5-7(6-18)3-11(13)15/h1-2,4,7,18H,3,5-6H2. The predicted octanol–water partition coefficient (Wildman–Crippen LogP) is 2.64. The third kappa shape index (κ3) is 2.51. The zero-order valence-electron chi connectivity index (χ0n) is 9.38. The van der Waals surface area contributed by atoms with Crippen molar-refractivity contribution >= 4 is 45.8 Å². The average molecular weight is 331 g/mol. The molecule has 96 valence electrons. The molecule has 1 amide bonds. The molecular formula is C11H11BrN2O3S. The summed E-state index contributed by atoms with van der Waals surface area (Å²) in [5, 5.41) is 10.6. The number of carbonyl (C=O) groups excluding carboxylic acids is 1. The lowest BCUT2D eigenvalue weighted by Crippen LogP contribution is -2.25. The van der Waals surface area contributed by atoms with Crippen molar-refractivity contribution < 1.29 is 9.72 Å². The number of carbonyl (C=O) groups is 1. The van der Waals surface area contributed by atoms with Gasteiger partial charge in [-0.2, -0.15) is 12.6 Å². The second-order valence-corrected chi connectivity index (χ2v) is 5.37. The molecule has 1 fully saturated rings. The van der Waals surface area contributed by atoms with Crippen LogP contribution >= 0.6 is 28.6 Å². The van der Waals surface area contributed by atoms with E-state index < -0.39 is 4.92 Å². The topological polar surface area (TPSA) is 63.5 Å². The number of nitrogens with zero attached hydrogens (tertiary/aromatic N) is 2. The number of hydrogen-bond donors (Lipinski definition) is 1. The van der Waals surface area contributed by atoms with Gasteiger partial charge in [0.25, 0.3) is 5.69 Å². The van der Waals surface area contributed by atoms with Gasteiger partial charge in [0, 0.05) is 29.6 Å². The van der Waals surface area contributed by atoms with Crippen molar-refractivity contribution in [3.8, 4) is 0 Å². The monoisotopic (exact) mass is 330 g/mol. The van der Waals surface area contributed by atoms with Crippen LogP contribution in [-0.4, -0.2) is 23.1 Å². The average Bonchev–Trinajstić information content (AvgIpc) is 2.70. The molecule has 0 aromatic heterocycles. The van der Waals surface area contributed by atoms with E-state index in [2.05, 4.69) is 28.6 Å². The minimum absolute atomic E-state index is 0.00279. The Morgan fingerprint density at radius 2 is 2.28 bits per heavy atom. The summed E-state index contributed by atoms with van der Waals surface area (Å²) in [6, 6.07) is 4.42. The third-order valence-electron chi connectivity index (χ3n) is 2.90. The van der Waals surface area contributed by atoms with Crippen LogP contribution in [0.25, 0.3) is 0 Å². The molecule has 1 saturated heterocycles. The second-order valence-electron chi connectivity index (χ2n) is 4.15. The highest BCUT2D eigenvalue weighted by Gasteiger charge is 2.31. The highest BCUT2D eigenvalue weighted by atomic mass is 79.9. The fraction of sp³-hybridized carbons (Fsp3) is 0.364. The lowest BCUT2D eigenvalue weighted by Gasteiger charge is -2.17. The van der Waals surface area contributed by atoms with Gasteiger partial charge in [-0.3, -0.25) is 14.9 Å². The predicted molar refractivity (Wildman–Crippen MR) is 75.1 cm³/mol. The molecule has 7 heteroatoms. The van der Waals surface area contributed by atoms with Gasteiger partial charge in [0.05, 0.1) is 10.6 Å². The zero-order chi connectivity index (χ0) is 13.3. The summed E-state index contributed by atoms with van der Waals surface area (Å²) in [4.78, 5) is 23.7. The minimum atomic E-state index is -0.461. The quantitative estimate of drug-likeness (QED) is 0.526. The van der Waals surface area contributed by atoms with Crippen LogP contribution in [0.1, 0.15) is 6.42 Å². The Morgan fingerprint density at radius 3 is 2.78 bits per heavy atom. The summed E-state index contributed by atoms with van der Waals surface area (Å²) in [6.45, 7) is 0.610. The smallest absolute Gasteiger partial charge is 0.270 e. The molecule has 1 atom stereocenters. The number of benzene rings is 1. The molecule has 18 heavy (non-hydrogen) atoms. The van der Waals surface area contributed by atoms with Gasteiger partial charge in [0.2, 0.25) is 5.91 Å². The highest BCUT2D eigenvalue weighted by Crippen LogP contribution is 2.34. The summed E-state index contributed by atoms with van der Waals surface area (Å²) in [6.07, 6.45) is 0.479. The molecule has 0 N–H and O–H groups in total. The van der Waals surface area contributed by atoms with E-state index in [9.17, 15) is 14.9 Å². The molecule has 1 aromatic carbocycles. The van der Waals surface area contributed by atoms with Crippen LogP contribution in [0, 0.1) is 16.0 Å². The van der Waals surface area contributed by atoms with Crippen LogP contribution in [0.2, 0.25) is 0 Å². The maximum Gasteiger partial charge on any atom is 0.270 e. The maximum absolute atomic E-state index is 11.9. The van der Waals surface area contributed by atoms with Crippen molar-refractivity contribution in [2.45, 2.75) is 6.42 Å². The summed E-state index contributed by atoms with van der Waals surface area (Å²) < 4.78 is 0.560. The number of hydrogen-bond acceptors (Lipinski definition) is 4. The molecule has 5 nitrogen and oxygen atoms in total. The molecule has 1 heterocycles. The Kier molecular flexibility index (Phi) is 3.91. The molecule has 0 bridgehead atoms. The van der Waals surface area contributed by atoms with E-state index >= 15 is 0 Å². The number of nitro groups is 1. The molecule has 1 aliphatic heterocycles. The molecule has 2 rings (SSSR count). The van der Waals surface area contributed by atoms with Crippen LogP contribution in [0.3, 0.4) is 0 Å². The molecule has 0 aliphatic carbocycles. The van der Waals surface area contributed by atoms with E-state index in [-0.39, 0.29) is 17.5 Å². The normalized spacial score (nSPS) is 19.3. The minimum Gasteiger partial charge on any atom is -0.311 e. The Hall–Kier alpha value is -1.08. The van der Waals surface area contributed by atoms with Gasteiger partial charge in [-0.05, 0) is 33.7 Å². The summed E-state index contributed by atoms with van der Waals surface area (Å²) in [7, 11) is 0. The largest absolute Gasteiger partial charge is 0.311 e. The number of rotatable bonds is 3. The van der Waals surface area contributed by atoms with Gasteiger partial charge in [-0.1, -0.05) is 0 Å². The molecule has 0 spiro atoms.